The number of carboxylic acids is 1. The van der Waals surface area contributed by atoms with Crippen LogP contribution in [0.5, 0.6) is 0 Å². The van der Waals surface area contributed by atoms with Gasteiger partial charge in [0.05, 0.1) is 19.6 Å². The van der Waals surface area contributed by atoms with E-state index in [0.29, 0.717) is 0 Å². The number of hydrogen-bond acceptors (Lipinski definition) is 7. The lowest BCUT2D eigenvalue weighted by molar-refractivity contribution is -0.288. The summed E-state index contributed by atoms with van der Waals surface area (Å²) in [5, 5.41) is 45.5. The van der Waals surface area contributed by atoms with Gasteiger partial charge in [0, 0.05) is 0 Å². The van der Waals surface area contributed by atoms with Crippen LogP contribution in [0.1, 0.15) is 6.42 Å². The highest BCUT2D eigenvalue weighted by Gasteiger charge is 2.42. The first-order valence-corrected chi connectivity index (χ1v) is 5.10. The van der Waals surface area contributed by atoms with Crippen LogP contribution in [-0.4, -0.2) is 75.4 Å². The standard InChI is InChI=1S/C9H16O8/c10-5(11)1-2-16-3-4-6(12)7(13)8(14)9(15)17-4/h4,6-9,12-15H,1-3H2,(H,10,11)/t4-,6-,7+,8-,9-/m1/s1. The average molecular weight is 252 g/mol. The van der Waals surface area contributed by atoms with Crippen molar-refractivity contribution < 1.29 is 39.8 Å². The zero-order chi connectivity index (χ0) is 13.0. The Morgan fingerprint density at radius 3 is 2.35 bits per heavy atom. The first-order valence-electron chi connectivity index (χ1n) is 5.10. The van der Waals surface area contributed by atoms with Crippen LogP contribution in [0, 0.1) is 0 Å². The number of hydrogen-bond donors (Lipinski definition) is 5. The van der Waals surface area contributed by atoms with E-state index in [4.69, 9.17) is 14.6 Å². The van der Waals surface area contributed by atoms with Crippen molar-refractivity contribution in [2.75, 3.05) is 13.2 Å². The highest BCUT2D eigenvalue weighted by atomic mass is 16.6. The Morgan fingerprint density at radius 1 is 1.12 bits per heavy atom. The van der Waals surface area contributed by atoms with Crippen molar-refractivity contribution in [2.24, 2.45) is 0 Å². The van der Waals surface area contributed by atoms with Crippen molar-refractivity contribution in [2.45, 2.75) is 37.1 Å². The van der Waals surface area contributed by atoms with Crippen molar-refractivity contribution >= 4 is 5.97 Å². The molecule has 1 rings (SSSR count). The zero-order valence-corrected chi connectivity index (χ0v) is 8.97. The van der Waals surface area contributed by atoms with Crippen LogP contribution in [0.2, 0.25) is 0 Å². The molecule has 8 nitrogen and oxygen atoms in total. The summed E-state index contributed by atoms with van der Waals surface area (Å²) in [6, 6.07) is 0. The number of carbonyl (C=O) groups is 1. The van der Waals surface area contributed by atoms with E-state index in [1.807, 2.05) is 0 Å². The molecule has 0 aromatic heterocycles. The Hall–Kier alpha value is -0.770. The fraction of sp³-hybridized carbons (Fsp3) is 0.889. The van der Waals surface area contributed by atoms with E-state index in [1.165, 1.54) is 0 Å². The second kappa shape index (κ2) is 6.24. The van der Waals surface area contributed by atoms with Crippen LogP contribution in [-0.2, 0) is 14.3 Å². The van der Waals surface area contributed by atoms with Crippen LogP contribution in [0.3, 0.4) is 0 Å². The van der Waals surface area contributed by atoms with Gasteiger partial charge < -0.3 is 35.0 Å². The molecule has 1 aliphatic rings. The maximum Gasteiger partial charge on any atom is 0.305 e. The lowest BCUT2D eigenvalue weighted by Crippen LogP contribution is -2.58. The summed E-state index contributed by atoms with van der Waals surface area (Å²) >= 11 is 0. The van der Waals surface area contributed by atoms with Gasteiger partial charge in [-0.25, -0.2) is 0 Å². The van der Waals surface area contributed by atoms with Gasteiger partial charge in [-0.1, -0.05) is 0 Å². The summed E-state index contributed by atoms with van der Waals surface area (Å²) in [6.45, 7) is -0.258. The lowest BCUT2D eigenvalue weighted by atomic mass is 9.99. The summed E-state index contributed by atoms with van der Waals surface area (Å²) in [7, 11) is 0. The predicted molar refractivity (Wildman–Crippen MR) is 52.0 cm³/mol. The topological polar surface area (TPSA) is 137 Å². The normalized spacial score (nSPS) is 38.0. The maximum atomic E-state index is 10.2. The van der Waals surface area contributed by atoms with Gasteiger partial charge >= 0.3 is 5.97 Å². The first-order chi connectivity index (χ1) is 7.93. The molecule has 0 aromatic rings. The Bertz CT molecular complexity index is 257. The molecule has 5 atom stereocenters. The molecule has 0 amide bonds. The maximum absolute atomic E-state index is 10.2. The van der Waals surface area contributed by atoms with Gasteiger partial charge in [-0.3, -0.25) is 4.79 Å². The second-order valence-electron chi connectivity index (χ2n) is 3.76. The number of aliphatic hydroxyl groups is 4. The largest absolute Gasteiger partial charge is 0.481 e. The molecule has 0 saturated carbocycles. The molecule has 0 bridgehead atoms. The summed E-state index contributed by atoms with van der Waals surface area (Å²) in [6.07, 6.45) is -7.35. The van der Waals surface area contributed by atoms with Crippen molar-refractivity contribution in [3.63, 3.8) is 0 Å². The minimum absolute atomic E-state index is 0.0728. The van der Waals surface area contributed by atoms with Gasteiger partial charge in [0.2, 0.25) is 0 Å². The molecule has 5 N–H and O–H groups in total. The number of carboxylic acid groups (broad SMARTS) is 1. The number of ether oxygens (including phenoxy) is 2. The smallest absolute Gasteiger partial charge is 0.305 e. The van der Waals surface area contributed by atoms with E-state index >= 15 is 0 Å². The molecule has 8 heteroatoms. The molecule has 0 aliphatic carbocycles. The molecule has 1 aliphatic heterocycles. The van der Waals surface area contributed by atoms with Crippen LogP contribution in [0.25, 0.3) is 0 Å². The monoisotopic (exact) mass is 252 g/mol. The molecular formula is C9H16O8. The molecule has 1 heterocycles. The second-order valence-corrected chi connectivity index (χ2v) is 3.76. The van der Waals surface area contributed by atoms with E-state index in [9.17, 15) is 25.2 Å². The molecular weight excluding hydrogens is 236 g/mol. The molecule has 1 fully saturated rings. The number of rotatable bonds is 5. The third-order valence-electron chi connectivity index (χ3n) is 2.43. The van der Waals surface area contributed by atoms with Crippen LogP contribution in [0.15, 0.2) is 0 Å². The van der Waals surface area contributed by atoms with Crippen molar-refractivity contribution in [3.05, 3.63) is 0 Å². The van der Waals surface area contributed by atoms with Crippen molar-refractivity contribution in [1.82, 2.24) is 0 Å². The molecule has 1 saturated heterocycles. The Kier molecular flexibility index (Phi) is 5.25. The van der Waals surface area contributed by atoms with Crippen molar-refractivity contribution in [3.8, 4) is 0 Å². The van der Waals surface area contributed by atoms with Gasteiger partial charge in [-0.2, -0.15) is 0 Å². The Balaban J connectivity index is 2.35. The van der Waals surface area contributed by atoms with Gasteiger partial charge in [0.15, 0.2) is 6.29 Å². The quantitative estimate of drug-likeness (QED) is 0.333. The third-order valence-corrected chi connectivity index (χ3v) is 2.43. The van der Waals surface area contributed by atoms with Crippen LogP contribution < -0.4 is 0 Å². The summed E-state index contributed by atoms with van der Waals surface area (Å²) < 4.78 is 9.73. The first kappa shape index (κ1) is 14.3. The van der Waals surface area contributed by atoms with Crippen LogP contribution >= 0.6 is 0 Å². The predicted octanol–water partition coefficient (Wildman–Crippen LogP) is -2.72. The molecule has 0 aromatic carbocycles. The highest BCUT2D eigenvalue weighted by Crippen LogP contribution is 2.19. The molecule has 17 heavy (non-hydrogen) atoms. The summed E-state index contributed by atoms with van der Waals surface area (Å²) in [5.74, 6) is -1.02. The van der Waals surface area contributed by atoms with E-state index < -0.39 is 36.7 Å². The Morgan fingerprint density at radius 2 is 1.76 bits per heavy atom. The third kappa shape index (κ3) is 3.87. The van der Waals surface area contributed by atoms with E-state index in [2.05, 4.69) is 0 Å². The van der Waals surface area contributed by atoms with Gasteiger partial charge in [0.1, 0.15) is 24.4 Å². The molecule has 0 radical (unpaired) electrons. The molecule has 100 valence electrons. The highest BCUT2D eigenvalue weighted by molar-refractivity contribution is 5.66. The van der Waals surface area contributed by atoms with Gasteiger partial charge in [0.25, 0.3) is 0 Å². The average Bonchev–Trinajstić information content (AvgIpc) is 2.27. The van der Waals surface area contributed by atoms with Crippen LogP contribution in [0.4, 0.5) is 0 Å². The van der Waals surface area contributed by atoms with Gasteiger partial charge in [-0.15, -0.1) is 0 Å². The van der Waals surface area contributed by atoms with E-state index in [-0.39, 0.29) is 19.6 Å². The van der Waals surface area contributed by atoms with E-state index in [1.54, 1.807) is 0 Å². The summed E-state index contributed by atoms with van der Waals surface area (Å²) in [4.78, 5) is 10.2. The minimum atomic E-state index is -1.61. The van der Waals surface area contributed by atoms with Gasteiger partial charge in [-0.05, 0) is 0 Å². The fourth-order valence-corrected chi connectivity index (χ4v) is 1.43. The molecule has 0 spiro atoms. The van der Waals surface area contributed by atoms with E-state index in [0.717, 1.165) is 0 Å². The zero-order valence-electron chi connectivity index (χ0n) is 8.97. The van der Waals surface area contributed by atoms with Crippen molar-refractivity contribution in [1.29, 1.82) is 0 Å². The summed E-state index contributed by atoms with van der Waals surface area (Å²) in [5.41, 5.74) is 0. The number of aliphatic hydroxyl groups excluding tert-OH is 4. The molecule has 0 unspecified atom stereocenters. The SMILES string of the molecule is O=C(O)CCOC[C@H]1O[C@@H](O)[C@H](O)[C@@H](O)[C@@H]1O. The fourth-order valence-electron chi connectivity index (χ4n) is 1.43. The Labute approximate surface area is 97.0 Å². The lowest BCUT2D eigenvalue weighted by Gasteiger charge is -2.38. The minimum Gasteiger partial charge on any atom is -0.481 e. The number of aliphatic carboxylic acids is 1.